The first kappa shape index (κ1) is 15.3. The molecule has 1 heterocycles. The van der Waals surface area contributed by atoms with Crippen LogP contribution in [0.4, 0.5) is 5.82 Å². The van der Waals surface area contributed by atoms with Gasteiger partial charge in [-0.25, -0.2) is 10.8 Å². The van der Waals surface area contributed by atoms with Crippen molar-refractivity contribution in [3.05, 3.63) is 58.2 Å². The highest BCUT2D eigenvalue weighted by atomic mass is 35.5. The fourth-order valence-electron chi connectivity index (χ4n) is 2.10. The lowest BCUT2D eigenvalue weighted by Gasteiger charge is -2.16. The third-order valence-electron chi connectivity index (χ3n) is 3.24. The van der Waals surface area contributed by atoms with Crippen molar-refractivity contribution in [1.82, 2.24) is 10.3 Å². The molecular formula is C15H17ClN4O. The lowest BCUT2D eigenvalue weighted by Crippen LogP contribution is -2.27. The van der Waals surface area contributed by atoms with Crippen LogP contribution in [-0.2, 0) is 0 Å². The van der Waals surface area contributed by atoms with E-state index in [1.54, 1.807) is 0 Å². The van der Waals surface area contributed by atoms with Gasteiger partial charge in [-0.05, 0) is 31.0 Å². The minimum Gasteiger partial charge on any atom is -0.345 e. The van der Waals surface area contributed by atoms with Crippen LogP contribution in [0.25, 0.3) is 0 Å². The highest BCUT2D eigenvalue weighted by Crippen LogP contribution is 2.20. The molecule has 1 atom stereocenters. The Morgan fingerprint density at radius 2 is 2.10 bits per heavy atom. The lowest BCUT2D eigenvalue weighted by atomic mass is 10.0. The SMILES string of the molecule is Cc1ccccc1C(C)NC(=O)c1cnc(NN)c(Cl)c1. The van der Waals surface area contributed by atoms with Gasteiger partial charge in [0.05, 0.1) is 16.6 Å². The fourth-order valence-corrected chi connectivity index (χ4v) is 2.32. The zero-order chi connectivity index (χ0) is 15.4. The van der Waals surface area contributed by atoms with Crippen molar-refractivity contribution in [1.29, 1.82) is 0 Å². The maximum absolute atomic E-state index is 12.2. The molecule has 0 bridgehead atoms. The smallest absolute Gasteiger partial charge is 0.253 e. The largest absolute Gasteiger partial charge is 0.345 e. The van der Waals surface area contributed by atoms with Crippen molar-refractivity contribution in [2.24, 2.45) is 5.84 Å². The van der Waals surface area contributed by atoms with Gasteiger partial charge < -0.3 is 10.7 Å². The van der Waals surface area contributed by atoms with Crippen LogP contribution >= 0.6 is 11.6 Å². The van der Waals surface area contributed by atoms with E-state index in [2.05, 4.69) is 15.7 Å². The van der Waals surface area contributed by atoms with Gasteiger partial charge in [-0.2, -0.15) is 0 Å². The van der Waals surface area contributed by atoms with E-state index in [1.807, 2.05) is 38.1 Å². The van der Waals surface area contributed by atoms with E-state index in [1.165, 1.54) is 12.3 Å². The molecule has 0 aliphatic heterocycles. The summed E-state index contributed by atoms with van der Waals surface area (Å²) in [6.45, 7) is 3.95. The second-order valence-corrected chi connectivity index (χ2v) is 5.16. The molecule has 0 fully saturated rings. The number of hydrogen-bond donors (Lipinski definition) is 3. The molecule has 0 aliphatic carbocycles. The molecular weight excluding hydrogens is 288 g/mol. The Hall–Kier alpha value is -2.11. The molecule has 2 aromatic rings. The van der Waals surface area contributed by atoms with E-state index in [-0.39, 0.29) is 11.9 Å². The average molecular weight is 305 g/mol. The number of pyridine rings is 1. The maximum atomic E-state index is 12.2. The van der Waals surface area contributed by atoms with Crippen molar-refractivity contribution in [2.75, 3.05) is 5.43 Å². The number of carbonyl (C=O) groups excluding carboxylic acids is 1. The van der Waals surface area contributed by atoms with Gasteiger partial charge >= 0.3 is 0 Å². The van der Waals surface area contributed by atoms with Gasteiger partial charge in [-0.1, -0.05) is 35.9 Å². The molecule has 0 radical (unpaired) electrons. The summed E-state index contributed by atoms with van der Waals surface area (Å²) in [6.07, 6.45) is 1.43. The molecule has 0 aliphatic rings. The van der Waals surface area contributed by atoms with Crippen molar-refractivity contribution in [3.8, 4) is 0 Å². The number of benzene rings is 1. The monoisotopic (exact) mass is 304 g/mol. The number of amides is 1. The van der Waals surface area contributed by atoms with Gasteiger partial charge in [0.15, 0.2) is 5.82 Å². The molecule has 1 aromatic heterocycles. The number of carbonyl (C=O) groups is 1. The Kier molecular flexibility index (Phi) is 4.77. The summed E-state index contributed by atoms with van der Waals surface area (Å²) < 4.78 is 0. The van der Waals surface area contributed by atoms with Crippen LogP contribution in [-0.4, -0.2) is 10.9 Å². The van der Waals surface area contributed by atoms with Gasteiger partial charge in [0.1, 0.15) is 0 Å². The number of aromatic nitrogens is 1. The first-order valence-electron chi connectivity index (χ1n) is 6.51. The van der Waals surface area contributed by atoms with Crippen molar-refractivity contribution in [3.63, 3.8) is 0 Å². The third kappa shape index (κ3) is 3.51. The average Bonchev–Trinajstić information content (AvgIpc) is 2.47. The van der Waals surface area contributed by atoms with Crippen molar-refractivity contribution < 1.29 is 4.79 Å². The molecule has 6 heteroatoms. The molecule has 4 N–H and O–H groups in total. The molecule has 1 amide bonds. The number of hydrogen-bond acceptors (Lipinski definition) is 4. The number of halogens is 1. The number of hydrazine groups is 1. The molecule has 110 valence electrons. The van der Waals surface area contributed by atoms with Crippen LogP contribution in [0.2, 0.25) is 5.02 Å². The summed E-state index contributed by atoms with van der Waals surface area (Å²) in [4.78, 5) is 16.2. The molecule has 0 spiro atoms. The van der Waals surface area contributed by atoms with Gasteiger partial charge in [0.25, 0.3) is 5.91 Å². The number of aryl methyl sites for hydroxylation is 1. The second-order valence-electron chi connectivity index (χ2n) is 4.75. The van der Waals surface area contributed by atoms with Crippen LogP contribution in [0.5, 0.6) is 0 Å². The topological polar surface area (TPSA) is 80.0 Å². The number of rotatable bonds is 4. The fraction of sp³-hybridized carbons (Fsp3) is 0.200. The standard InChI is InChI=1S/C15H17ClN4O/c1-9-5-3-4-6-12(9)10(2)19-15(21)11-7-13(16)14(20-17)18-8-11/h3-8,10H,17H2,1-2H3,(H,18,20)(H,19,21). The molecule has 5 nitrogen and oxygen atoms in total. The predicted octanol–water partition coefficient (Wildman–Crippen LogP) is 2.82. The Morgan fingerprint density at radius 1 is 1.38 bits per heavy atom. The van der Waals surface area contributed by atoms with Crippen LogP contribution in [0.15, 0.2) is 36.5 Å². The van der Waals surface area contributed by atoms with E-state index < -0.39 is 0 Å². The third-order valence-corrected chi connectivity index (χ3v) is 3.53. The van der Waals surface area contributed by atoms with Crippen LogP contribution in [0.1, 0.15) is 34.5 Å². The molecule has 2 rings (SSSR count). The van der Waals surface area contributed by atoms with Crippen LogP contribution in [0.3, 0.4) is 0 Å². The lowest BCUT2D eigenvalue weighted by molar-refractivity contribution is 0.0939. The first-order chi connectivity index (χ1) is 10.0. The summed E-state index contributed by atoms with van der Waals surface area (Å²) in [7, 11) is 0. The van der Waals surface area contributed by atoms with E-state index in [0.29, 0.717) is 16.4 Å². The highest BCUT2D eigenvalue weighted by molar-refractivity contribution is 6.33. The zero-order valence-electron chi connectivity index (χ0n) is 11.9. The van der Waals surface area contributed by atoms with E-state index in [0.717, 1.165) is 11.1 Å². The van der Waals surface area contributed by atoms with E-state index >= 15 is 0 Å². The van der Waals surface area contributed by atoms with Crippen LogP contribution in [0, 0.1) is 6.92 Å². The Balaban J connectivity index is 2.14. The quantitative estimate of drug-likeness (QED) is 0.599. The maximum Gasteiger partial charge on any atom is 0.253 e. The van der Waals surface area contributed by atoms with Crippen LogP contribution < -0.4 is 16.6 Å². The van der Waals surface area contributed by atoms with Gasteiger partial charge in [0, 0.05) is 6.20 Å². The minimum atomic E-state index is -0.233. The number of nitrogens with zero attached hydrogens (tertiary/aromatic N) is 1. The molecule has 1 unspecified atom stereocenters. The predicted molar refractivity (Wildman–Crippen MR) is 84.1 cm³/mol. The van der Waals surface area contributed by atoms with E-state index in [4.69, 9.17) is 17.4 Å². The Morgan fingerprint density at radius 3 is 2.71 bits per heavy atom. The second kappa shape index (κ2) is 6.56. The van der Waals surface area contributed by atoms with E-state index in [9.17, 15) is 4.79 Å². The molecule has 1 aromatic carbocycles. The molecule has 21 heavy (non-hydrogen) atoms. The van der Waals surface area contributed by atoms with Crippen molar-refractivity contribution in [2.45, 2.75) is 19.9 Å². The normalized spacial score (nSPS) is 11.8. The highest BCUT2D eigenvalue weighted by Gasteiger charge is 2.14. The summed E-state index contributed by atoms with van der Waals surface area (Å²) in [6, 6.07) is 9.35. The van der Waals surface area contributed by atoms with Gasteiger partial charge in [-0.3, -0.25) is 4.79 Å². The summed E-state index contributed by atoms with van der Waals surface area (Å²) >= 11 is 5.97. The summed E-state index contributed by atoms with van der Waals surface area (Å²) in [5.41, 5.74) is 4.95. The molecule has 0 saturated heterocycles. The van der Waals surface area contributed by atoms with Gasteiger partial charge in [-0.15, -0.1) is 0 Å². The minimum absolute atomic E-state index is 0.107. The summed E-state index contributed by atoms with van der Waals surface area (Å²) in [5, 5.41) is 3.23. The number of anilines is 1. The van der Waals surface area contributed by atoms with Gasteiger partial charge in [0.2, 0.25) is 0 Å². The Bertz CT molecular complexity index is 660. The first-order valence-corrected chi connectivity index (χ1v) is 6.89. The molecule has 0 saturated carbocycles. The zero-order valence-corrected chi connectivity index (χ0v) is 12.6. The van der Waals surface area contributed by atoms with Crippen molar-refractivity contribution >= 4 is 23.3 Å². The number of nitrogen functional groups attached to an aromatic ring is 1. The summed E-state index contributed by atoms with van der Waals surface area (Å²) in [5.74, 6) is 5.35. The number of nitrogens with two attached hydrogens (primary N) is 1. The number of nitrogens with one attached hydrogen (secondary N) is 2. The Labute approximate surface area is 128 Å².